The Morgan fingerprint density at radius 2 is 1.88 bits per heavy atom. The minimum atomic E-state index is -0.865. The topological polar surface area (TPSA) is 32.3 Å². The molecule has 0 aliphatic carbocycles. The Morgan fingerprint density at radius 1 is 1.18 bits per heavy atom. The van der Waals surface area contributed by atoms with Crippen LogP contribution in [0.5, 0.6) is 0 Å². The van der Waals surface area contributed by atoms with Gasteiger partial charge < -0.3 is 0 Å². The van der Waals surface area contributed by atoms with Crippen molar-refractivity contribution in [3.63, 3.8) is 0 Å². The van der Waals surface area contributed by atoms with Gasteiger partial charge in [0.05, 0.1) is 20.8 Å². The first kappa shape index (κ1) is 12.8. The Bertz CT molecular complexity index is 503. The van der Waals surface area contributed by atoms with Crippen molar-refractivity contribution in [3.05, 3.63) is 39.5 Å². The fourth-order valence-electron chi connectivity index (χ4n) is 1.30. The molecule has 1 atom stereocenters. The van der Waals surface area contributed by atoms with Crippen LogP contribution in [0, 0.1) is 0 Å². The maximum Gasteiger partial charge on any atom is 0.262 e. The third-order valence-corrected chi connectivity index (χ3v) is 3.74. The van der Waals surface area contributed by atoms with Crippen molar-refractivity contribution >= 4 is 58.0 Å². The summed E-state index contributed by atoms with van der Waals surface area (Å²) in [4.78, 5) is 11.5. The van der Waals surface area contributed by atoms with E-state index in [0.717, 1.165) is 0 Å². The summed E-state index contributed by atoms with van der Waals surface area (Å²) < 4.78 is 0. The van der Waals surface area contributed by atoms with E-state index in [1.165, 1.54) is 11.2 Å². The van der Waals surface area contributed by atoms with Crippen LogP contribution in [0.3, 0.4) is 0 Å². The number of hydrogen-bond donors (Lipinski definition) is 1. The Labute approximate surface area is 118 Å². The molecule has 0 saturated heterocycles. The molecule has 0 fully saturated rings. The van der Waals surface area contributed by atoms with Crippen LogP contribution >= 0.6 is 46.4 Å². The van der Waals surface area contributed by atoms with Crippen LogP contribution in [0.4, 0.5) is 5.69 Å². The Kier molecular flexibility index (Phi) is 3.73. The second-order valence-corrected chi connectivity index (χ2v) is 5.01. The number of hydrogen-bond acceptors (Lipinski definition) is 2. The van der Waals surface area contributed by atoms with Gasteiger partial charge in [-0.15, -0.1) is 11.6 Å². The predicted molar refractivity (Wildman–Crippen MR) is 70.7 cm³/mol. The average Bonchev–Trinajstić information content (AvgIpc) is 2.29. The van der Waals surface area contributed by atoms with Crippen molar-refractivity contribution in [2.24, 2.45) is 0 Å². The second kappa shape index (κ2) is 4.94. The monoisotopic (exact) mass is 310 g/mol. The molecule has 1 aromatic rings. The molecule has 1 aromatic carbocycles. The smallest absolute Gasteiger partial charge is 0.262 e. The molecule has 3 nitrogen and oxygen atoms in total. The highest BCUT2D eigenvalue weighted by Gasteiger charge is 2.26. The van der Waals surface area contributed by atoms with E-state index in [4.69, 9.17) is 46.4 Å². The number of carbonyl (C=O) groups excluding carboxylic acids is 1. The van der Waals surface area contributed by atoms with Gasteiger partial charge in [-0.05, 0) is 18.2 Å². The standard InChI is InChI=1S/C10H6Cl4N2O/c11-6-2-1-5(3-7(6)12)16-4-8(13)9(14)10(17)15-16/h1-4,9H,(H,15,17). The molecule has 1 aliphatic rings. The van der Waals surface area contributed by atoms with Crippen molar-refractivity contribution in [2.45, 2.75) is 5.38 Å². The van der Waals surface area contributed by atoms with Gasteiger partial charge in [-0.1, -0.05) is 34.8 Å². The summed E-state index contributed by atoms with van der Waals surface area (Å²) >= 11 is 23.3. The lowest BCUT2D eigenvalue weighted by atomic mass is 10.3. The number of halogens is 4. The molecule has 0 radical (unpaired) electrons. The first-order valence-corrected chi connectivity index (χ1v) is 6.12. The third-order valence-electron chi connectivity index (χ3n) is 2.14. The first-order chi connectivity index (χ1) is 7.99. The molecule has 2 rings (SSSR count). The molecule has 0 saturated carbocycles. The molecule has 0 bridgehead atoms. The maximum atomic E-state index is 11.5. The Balaban J connectivity index is 2.35. The van der Waals surface area contributed by atoms with E-state index in [0.29, 0.717) is 15.7 Å². The molecule has 1 amide bonds. The highest BCUT2D eigenvalue weighted by atomic mass is 35.5. The van der Waals surface area contributed by atoms with Crippen LogP contribution < -0.4 is 10.4 Å². The van der Waals surface area contributed by atoms with Gasteiger partial charge in [0.1, 0.15) is 0 Å². The minimum Gasteiger partial charge on any atom is -0.271 e. The van der Waals surface area contributed by atoms with E-state index in [9.17, 15) is 4.79 Å². The van der Waals surface area contributed by atoms with Crippen molar-refractivity contribution < 1.29 is 4.79 Å². The number of amides is 1. The zero-order valence-corrected chi connectivity index (χ0v) is 11.3. The predicted octanol–water partition coefficient (Wildman–Crippen LogP) is 3.53. The Hall–Kier alpha value is -0.610. The van der Waals surface area contributed by atoms with E-state index in [1.54, 1.807) is 18.2 Å². The number of hydrazine groups is 1. The lowest BCUT2D eigenvalue weighted by molar-refractivity contribution is -0.120. The van der Waals surface area contributed by atoms with Gasteiger partial charge in [0.15, 0.2) is 5.38 Å². The fraction of sp³-hybridized carbons (Fsp3) is 0.100. The van der Waals surface area contributed by atoms with Crippen molar-refractivity contribution in [1.29, 1.82) is 0 Å². The minimum absolute atomic E-state index is 0.237. The van der Waals surface area contributed by atoms with Crippen LogP contribution in [0.25, 0.3) is 0 Å². The van der Waals surface area contributed by atoms with E-state index < -0.39 is 11.3 Å². The largest absolute Gasteiger partial charge is 0.271 e. The fourth-order valence-corrected chi connectivity index (χ4v) is 1.89. The third kappa shape index (κ3) is 2.63. The summed E-state index contributed by atoms with van der Waals surface area (Å²) in [5.74, 6) is -0.398. The van der Waals surface area contributed by atoms with Crippen LogP contribution in [-0.4, -0.2) is 11.3 Å². The number of rotatable bonds is 1. The molecule has 0 spiro atoms. The van der Waals surface area contributed by atoms with Crippen LogP contribution in [-0.2, 0) is 4.79 Å². The van der Waals surface area contributed by atoms with Gasteiger partial charge in [0, 0.05) is 6.20 Å². The van der Waals surface area contributed by atoms with Gasteiger partial charge >= 0.3 is 0 Å². The summed E-state index contributed by atoms with van der Waals surface area (Å²) in [7, 11) is 0. The summed E-state index contributed by atoms with van der Waals surface area (Å²) in [6.45, 7) is 0. The molecule has 1 unspecified atom stereocenters. The van der Waals surface area contributed by atoms with Crippen molar-refractivity contribution in [3.8, 4) is 0 Å². The number of benzene rings is 1. The van der Waals surface area contributed by atoms with Gasteiger partial charge in [-0.2, -0.15) is 0 Å². The van der Waals surface area contributed by atoms with E-state index in [1.807, 2.05) is 0 Å². The molecule has 1 aliphatic heterocycles. The van der Waals surface area contributed by atoms with Crippen LogP contribution in [0.2, 0.25) is 10.0 Å². The average molecular weight is 312 g/mol. The molecule has 0 aromatic heterocycles. The number of nitrogens with one attached hydrogen (secondary N) is 1. The number of alkyl halides is 1. The molecule has 90 valence electrons. The summed E-state index contributed by atoms with van der Waals surface area (Å²) in [5, 5.41) is 1.63. The summed E-state index contributed by atoms with van der Waals surface area (Å²) in [6.07, 6.45) is 1.51. The van der Waals surface area contributed by atoms with Crippen molar-refractivity contribution in [2.75, 3.05) is 5.01 Å². The highest BCUT2D eigenvalue weighted by Crippen LogP contribution is 2.29. The lowest BCUT2D eigenvalue weighted by Gasteiger charge is -2.27. The quantitative estimate of drug-likeness (QED) is 0.805. The molecular formula is C10H6Cl4N2O. The molecule has 17 heavy (non-hydrogen) atoms. The highest BCUT2D eigenvalue weighted by molar-refractivity contribution is 6.44. The second-order valence-electron chi connectivity index (χ2n) is 3.32. The number of nitrogens with zero attached hydrogens (tertiary/aromatic N) is 1. The van der Waals surface area contributed by atoms with E-state index in [2.05, 4.69) is 5.43 Å². The van der Waals surface area contributed by atoms with E-state index in [-0.39, 0.29) is 5.03 Å². The SMILES string of the molecule is O=C1NN(c2ccc(Cl)c(Cl)c2)C=C(Cl)C1Cl. The van der Waals surface area contributed by atoms with Crippen LogP contribution in [0.1, 0.15) is 0 Å². The maximum absolute atomic E-state index is 11.5. The molecule has 1 heterocycles. The molecule has 7 heteroatoms. The molecular weight excluding hydrogens is 306 g/mol. The summed E-state index contributed by atoms with van der Waals surface area (Å²) in [6, 6.07) is 4.93. The normalized spacial score (nSPS) is 20.0. The Morgan fingerprint density at radius 3 is 2.47 bits per heavy atom. The zero-order valence-electron chi connectivity index (χ0n) is 8.25. The van der Waals surface area contributed by atoms with Gasteiger partial charge in [0.25, 0.3) is 5.91 Å². The number of carbonyl (C=O) groups is 1. The number of anilines is 1. The zero-order chi connectivity index (χ0) is 12.6. The molecule has 1 N–H and O–H groups in total. The van der Waals surface area contributed by atoms with E-state index >= 15 is 0 Å². The van der Waals surface area contributed by atoms with Crippen LogP contribution in [0.15, 0.2) is 29.4 Å². The van der Waals surface area contributed by atoms with Crippen molar-refractivity contribution in [1.82, 2.24) is 5.43 Å². The van der Waals surface area contributed by atoms with Gasteiger partial charge in [0.2, 0.25) is 0 Å². The van der Waals surface area contributed by atoms with Gasteiger partial charge in [-0.3, -0.25) is 15.2 Å². The lowest BCUT2D eigenvalue weighted by Crippen LogP contribution is -2.46. The van der Waals surface area contributed by atoms with Gasteiger partial charge in [-0.25, -0.2) is 0 Å². The first-order valence-electron chi connectivity index (χ1n) is 4.55. The summed E-state index contributed by atoms with van der Waals surface area (Å²) in [5.41, 5.74) is 3.19.